The maximum Gasteiger partial charge on any atom is 0.235 e. The number of rotatable bonds is 5. The van der Waals surface area contributed by atoms with E-state index in [1.807, 2.05) is 13.8 Å². The summed E-state index contributed by atoms with van der Waals surface area (Å²) in [6.07, 6.45) is 0.561. The van der Waals surface area contributed by atoms with Gasteiger partial charge in [0.2, 0.25) is 5.91 Å². The number of sulfone groups is 1. The monoisotopic (exact) mass is 301 g/mol. The van der Waals surface area contributed by atoms with Crippen molar-refractivity contribution >= 4 is 15.7 Å². The highest BCUT2D eigenvalue weighted by Crippen LogP contribution is 2.17. The van der Waals surface area contributed by atoms with E-state index < -0.39 is 15.4 Å². The standard InChI is InChI=1S/C13H23N3O3S/c1-10(2)13(3,9-14)15-12(17)7-16(4)11-5-6-20(18,19)8-11/h10-11H,5-8H2,1-4H3,(H,15,17). The molecule has 0 aromatic rings. The quantitative estimate of drug-likeness (QED) is 0.781. The molecule has 1 rings (SSSR count). The molecule has 1 amide bonds. The fourth-order valence-electron chi connectivity index (χ4n) is 2.11. The van der Waals surface area contributed by atoms with Gasteiger partial charge in [0.1, 0.15) is 5.54 Å². The minimum absolute atomic E-state index is 0.00591. The highest BCUT2D eigenvalue weighted by Gasteiger charge is 2.33. The first-order chi connectivity index (χ1) is 9.09. The number of likely N-dealkylation sites (N-methyl/N-ethyl adjacent to an activating group) is 1. The van der Waals surface area contributed by atoms with Gasteiger partial charge in [-0.3, -0.25) is 9.69 Å². The largest absolute Gasteiger partial charge is 0.337 e. The molecule has 20 heavy (non-hydrogen) atoms. The molecule has 0 saturated carbocycles. The lowest BCUT2D eigenvalue weighted by molar-refractivity contribution is -0.124. The van der Waals surface area contributed by atoms with Gasteiger partial charge in [-0.1, -0.05) is 13.8 Å². The minimum atomic E-state index is -2.96. The number of hydrogen-bond acceptors (Lipinski definition) is 5. The Balaban J connectivity index is 2.57. The first kappa shape index (κ1) is 16.9. The second kappa shape index (κ2) is 6.10. The highest BCUT2D eigenvalue weighted by atomic mass is 32.2. The van der Waals surface area contributed by atoms with Crippen LogP contribution in [0.15, 0.2) is 0 Å². The van der Waals surface area contributed by atoms with Crippen molar-refractivity contribution in [2.24, 2.45) is 5.92 Å². The first-order valence-corrected chi connectivity index (χ1v) is 8.54. The van der Waals surface area contributed by atoms with Crippen LogP contribution in [0.3, 0.4) is 0 Å². The van der Waals surface area contributed by atoms with E-state index >= 15 is 0 Å². The van der Waals surface area contributed by atoms with Gasteiger partial charge in [-0.2, -0.15) is 5.26 Å². The van der Waals surface area contributed by atoms with Gasteiger partial charge >= 0.3 is 0 Å². The minimum Gasteiger partial charge on any atom is -0.337 e. The Hall–Kier alpha value is -1.13. The van der Waals surface area contributed by atoms with Gasteiger partial charge in [0.05, 0.1) is 24.1 Å². The van der Waals surface area contributed by atoms with Crippen LogP contribution in [-0.2, 0) is 14.6 Å². The van der Waals surface area contributed by atoms with Crippen LogP contribution in [-0.4, -0.2) is 55.9 Å². The second-order valence-electron chi connectivity index (χ2n) is 5.99. The van der Waals surface area contributed by atoms with E-state index in [0.29, 0.717) is 6.42 Å². The summed E-state index contributed by atoms with van der Waals surface area (Å²) in [5, 5.41) is 11.9. The molecule has 114 valence electrons. The molecule has 0 aliphatic carbocycles. The topological polar surface area (TPSA) is 90.3 Å². The van der Waals surface area contributed by atoms with Gasteiger partial charge < -0.3 is 5.32 Å². The van der Waals surface area contributed by atoms with Gasteiger partial charge in [-0.25, -0.2) is 8.42 Å². The van der Waals surface area contributed by atoms with Crippen LogP contribution in [0.4, 0.5) is 0 Å². The van der Waals surface area contributed by atoms with Crippen LogP contribution >= 0.6 is 0 Å². The zero-order valence-corrected chi connectivity index (χ0v) is 13.3. The van der Waals surface area contributed by atoms with E-state index in [0.717, 1.165) is 0 Å². The van der Waals surface area contributed by atoms with Gasteiger partial charge in [-0.15, -0.1) is 0 Å². The summed E-state index contributed by atoms with van der Waals surface area (Å²) in [4.78, 5) is 13.7. The number of nitrogens with zero attached hydrogens (tertiary/aromatic N) is 2. The molecule has 0 spiro atoms. The zero-order chi connectivity index (χ0) is 15.6. The predicted molar refractivity (Wildman–Crippen MR) is 76.7 cm³/mol. The fourth-order valence-corrected chi connectivity index (χ4v) is 3.91. The average molecular weight is 301 g/mol. The number of carbonyl (C=O) groups is 1. The molecule has 6 nitrogen and oxygen atoms in total. The lowest BCUT2D eigenvalue weighted by Gasteiger charge is -2.29. The molecular weight excluding hydrogens is 278 g/mol. The van der Waals surface area contributed by atoms with Crippen molar-refractivity contribution in [3.05, 3.63) is 0 Å². The molecule has 1 aliphatic rings. The van der Waals surface area contributed by atoms with Crippen LogP contribution < -0.4 is 5.32 Å². The third-order valence-electron chi connectivity index (χ3n) is 4.01. The predicted octanol–water partition coefficient (Wildman–Crippen LogP) is 0.160. The Morgan fingerprint density at radius 1 is 1.55 bits per heavy atom. The smallest absolute Gasteiger partial charge is 0.235 e. The van der Waals surface area contributed by atoms with Gasteiger partial charge in [0.25, 0.3) is 0 Å². The molecule has 2 atom stereocenters. The molecule has 1 N–H and O–H groups in total. The van der Waals surface area contributed by atoms with E-state index in [1.54, 1.807) is 18.9 Å². The van der Waals surface area contributed by atoms with E-state index in [2.05, 4.69) is 11.4 Å². The van der Waals surface area contributed by atoms with Crippen LogP contribution in [0.2, 0.25) is 0 Å². The summed E-state index contributed by atoms with van der Waals surface area (Å²) in [6, 6.07) is 2.01. The zero-order valence-electron chi connectivity index (χ0n) is 12.5. The summed E-state index contributed by atoms with van der Waals surface area (Å²) < 4.78 is 22.9. The van der Waals surface area contributed by atoms with Crippen molar-refractivity contribution in [1.82, 2.24) is 10.2 Å². The summed E-state index contributed by atoms with van der Waals surface area (Å²) in [6.45, 7) is 5.54. The summed E-state index contributed by atoms with van der Waals surface area (Å²) in [5.74, 6) is 0.0327. The molecular formula is C13H23N3O3S. The molecule has 1 aliphatic heterocycles. The van der Waals surface area contributed by atoms with Crippen LogP contribution in [0.1, 0.15) is 27.2 Å². The molecule has 7 heteroatoms. The van der Waals surface area contributed by atoms with Crippen LogP contribution in [0.5, 0.6) is 0 Å². The second-order valence-corrected chi connectivity index (χ2v) is 8.22. The van der Waals surface area contributed by atoms with Crippen molar-refractivity contribution < 1.29 is 13.2 Å². The Morgan fingerprint density at radius 3 is 2.55 bits per heavy atom. The van der Waals surface area contributed by atoms with Gasteiger partial charge in [0.15, 0.2) is 9.84 Å². The molecule has 0 bridgehead atoms. The van der Waals surface area contributed by atoms with Crippen molar-refractivity contribution in [2.75, 3.05) is 25.1 Å². The van der Waals surface area contributed by atoms with Gasteiger partial charge in [-0.05, 0) is 26.3 Å². The van der Waals surface area contributed by atoms with E-state index in [4.69, 9.17) is 5.26 Å². The van der Waals surface area contributed by atoms with Crippen molar-refractivity contribution in [3.8, 4) is 6.07 Å². The van der Waals surface area contributed by atoms with Crippen LogP contribution in [0, 0.1) is 17.2 Å². The Kier molecular flexibility index (Phi) is 5.16. The Bertz CT molecular complexity index is 509. The maximum atomic E-state index is 12.0. The third-order valence-corrected chi connectivity index (χ3v) is 5.76. The molecule has 1 saturated heterocycles. The summed E-state index contributed by atoms with van der Waals surface area (Å²) in [7, 11) is -1.21. The van der Waals surface area contributed by atoms with Crippen molar-refractivity contribution in [3.63, 3.8) is 0 Å². The van der Waals surface area contributed by atoms with E-state index in [9.17, 15) is 13.2 Å². The Morgan fingerprint density at radius 2 is 2.15 bits per heavy atom. The number of amides is 1. The molecule has 0 aromatic heterocycles. The average Bonchev–Trinajstić information content (AvgIpc) is 2.69. The molecule has 2 unspecified atom stereocenters. The highest BCUT2D eigenvalue weighted by molar-refractivity contribution is 7.91. The lowest BCUT2D eigenvalue weighted by atomic mass is 9.90. The normalized spacial score (nSPS) is 24.4. The molecule has 0 aromatic carbocycles. The fraction of sp³-hybridized carbons (Fsp3) is 0.846. The van der Waals surface area contributed by atoms with Gasteiger partial charge in [0, 0.05) is 6.04 Å². The summed E-state index contributed by atoms with van der Waals surface area (Å²) >= 11 is 0. The van der Waals surface area contributed by atoms with Crippen LogP contribution in [0.25, 0.3) is 0 Å². The number of hydrogen-bond donors (Lipinski definition) is 1. The molecule has 1 fully saturated rings. The van der Waals surface area contributed by atoms with Crippen molar-refractivity contribution in [2.45, 2.75) is 38.8 Å². The number of nitrogens with one attached hydrogen (secondary N) is 1. The number of nitriles is 1. The lowest BCUT2D eigenvalue weighted by Crippen LogP contribution is -2.52. The van der Waals surface area contributed by atoms with E-state index in [-0.39, 0.29) is 35.9 Å². The number of carbonyl (C=O) groups excluding carboxylic acids is 1. The SMILES string of the molecule is CC(C)C(C)(C#N)NC(=O)CN(C)C1CCS(=O)(=O)C1. The molecule has 0 radical (unpaired) electrons. The first-order valence-electron chi connectivity index (χ1n) is 6.72. The Labute approximate surface area is 121 Å². The van der Waals surface area contributed by atoms with E-state index in [1.165, 1.54) is 0 Å². The molecule has 1 heterocycles. The summed E-state index contributed by atoms with van der Waals surface area (Å²) in [5.41, 5.74) is -0.903. The van der Waals surface area contributed by atoms with Crippen molar-refractivity contribution in [1.29, 1.82) is 5.26 Å². The maximum absolute atomic E-state index is 12.0. The third kappa shape index (κ3) is 4.18.